The van der Waals surface area contributed by atoms with Crippen LogP contribution in [0.1, 0.15) is 66.2 Å². The Labute approximate surface area is 172 Å². The third-order valence-corrected chi connectivity index (χ3v) is 9.37. The van der Waals surface area contributed by atoms with Crippen LogP contribution in [0.15, 0.2) is 35.5 Å². The van der Waals surface area contributed by atoms with Crippen molar-refractivity contribution < 1.29 is 9.47 Å². The van der Waals surface area contributed by atoms with Crippen LogP contribution in [-0.4, -0.2) is 26.4 Å². The smallest absolute Gasteiger partial charge is 0.0668 e. The molecule has 8 atom stereocenters. The topological polar surface area (TPSA) is 18.5 Å². The van der Waals surface area contributed by atoms with Crippen molar-refractivity contribution in [1.29, 1.82) is 0 Å². The van der Waals surface area contributed by atoms with Crippen LogP contribution in [0.4, 0.5) is 0 Å². The summed E-state index contributed by atoms with van der Waals surface area (Å²) in [6.07, 6.45) is 17.8. The van der Waals surface area contributed by atoms with E-state index in [1.54, 1.807) is 11.1 Å². The van der Waals surface area contributed by atoms with Crippen molar-refractivity contribution in [3.05, 3.63) is 35.5 Å². The maximum absolute atomic E-state index is 6.27. The second-order valence-electron chi connectivity index (χ2n) is 10.3. The first-order valence-electron chi connectivity index (χ1n) is 11.5. The van der Waals surface area contributed by atoms with E-state index in [4.69, 9.17) is 9.47 Å². The van der Waals surface area contributed by atoms with Gasteiger partial charge in [0.2, 0.25) is 0 Å². The molecule has 2 heteroatoms. The van der Waals surface area contributed by atoms with Crippen molar-refractivity contribution in [3.8, 4) is 0 Å². The Bertz CT molecular complexity index is 689. The number of methoxy groups -OCH3 is 2. The number of rotatable bonds is 4. The summed E-state index contributed by atoms with van der Waals surface area (Å²) < 4.78 is 12.0. The maximum atomic E-state index is 6.27. The van der Waals surface area contributed by atoms with E-state index in [2.05, 4.69) is 52.0 Å². The minimum atomic E-state index is 0.181. The van der Waals surface area contributed by atoms with Gasteiger partial charge in [0.25, 0.3) is 0 Å². The number of ether oxygens (including phenoxy) is 2. The highest BCUT2D eigenvalue weighted by Crippen LogP contribution is 2.66. The molecular weight excluding hydrogens is 344 g/mol. The van der Waals surface area contributed by atoms with Crippen LogP contribution in [0.25, 0.3) is 0 Å². The quantitative estimate of drug-likeness (QED) is 0.527. The summed E-state index contributed by atoms with van der Waals surface area (Å²) in [6.45, 7) is 9.58. The Morgan fingerprint density at radius 3 is 2.57 bits per heavy atom. The van der Waals surface area contributed by atoms with Gasteiger partial charge in [0.15, 0.2) is 0 Å². The standard InChI is InChI=1S/C26H40O2/c1-7-8-17(2)21-11-12-22-20-10-9-18-15-19(27-5)13-14-25(18,3)23(20)16-24(28-6)26(21,22)4/h7-9,11,17,19-20,22-24H,10,12-16H2,1-6H3/b8-7+/t17-,19+,20+,22+,23+,24-,25+,26-/m1/s1. The van der Waals surface area contributed by atoms with Crippen LogP contribution in [0.5, 0.6) is 0 Å². The Morgan fingerprint density at radius 1 is 1.11 bits per heavy atom. The van der Waals surface area contributed by atoms with Gasteiger partial charge in [-0.05, 0) is 74.5 Å². The lowest BCUT2D eigenvalue weighted by Gasteiger charge is -2.60. The van der Waals surface area contributed by atoms with Gasteiger partial charge >= 0.3 is 0 Å². The molecule has 2 saturated carbocycles. The highest BCUT2D eigenvalue weighted by Gasteiger charge is 2.60. The Balaban J connectivity index is 1.68. The van der Waals surface area contributed by atoms with Crippen molar-refractivity contribution in [2.75, 3.05) is 14.2 Å². The lowest BCUT2D eigenvalue weighted by Crippen LogP contribution is -2.56. The summed E-state index contributed by atoms with van der Waals surface area (Å²) in [6, 6.07) is 0. The van der Waals surface area contributed by atoms with Crippen LogP contribution in [0.3, 0.4) is 0 Å². The molecule has 4 aliphatic rings. The van der Waals surface area contributed by atoms with E-state index in [1.165, 1.54) is 32.1 Å². The van der Waals surface area contributed by atoms with Crippen molar-refractivity contribution in [2.24, 2.45) is 34.5 Å². The molecular formula is C26H40O2. The Morgan fingerprint density at radius 2 is 1.89 bits per heavy atom. The summed E-state index contributed by atoms with van der Waals surface area (Å²) in [5.74, 6) is 2.76. The fourth-order valence-corrected chi connectivity index (χ4v) is 7.80. The van der Waals surface area contributed by atoms with E-state index in [0.29, 0.717) is 29.5 Å². The van der Waals surface area contributed by atoms with Gasteiger partial charge in [-0.15, -0.1) is 0 Å². The first-order chi connectivity index (χ1) is 13.4. The molecule has 0 aromatic rings. The zero-order valence-electron chi connectivity index (χ0n) is 18.8. The summed E-state index contributed by atoms with van der Waals surface area (Å²) in [5, 5.41) is 0. The van der Waals surface area contributed by atoms with Gasteiger partial charge in [0, 0.05) is 19.6 Å². The molecule has 0 aromatic carbocycles. The van der Waals surface area contributed by atoms with E-state index < -0.39 is 0 Å². The predicted molar refractivity (Wildman–Crippen MR) is 116 cm³/mol. The molecule has 0 saturated heterocycles. The molecule has 2 fully saturated rings. The largest absolute Gasteiger partial charge is 0.381 e. The van der Waals surface area contributed by atoms with E-state index in [0.717, 1.165) is 18.3 Å². The van der Waals surface area contributed by atoms with Gasteiger partial charge in [-0.2, -0.15) is 0 Å². The third-order valence-electron chi connectivity index (χ3n) is 9.37. The van der Waals surface area contributed by atoms with Crippen molar-refractivity contribution in [3.63, 3.8) is 0 Å². The van der Waals surface area contributed by atoms with Crippen LogP contribution >= 0.6 is 0 Å². The summed E-state index contributed by atoms with van der Waals surface area (Å²) >= 11 is 0. The lowest BCUT2D eigenvalue weighted by molar-refractivity contribution is -0.120. The van der Waals surface area contributed by atoms with Crippen LogP contribution in [0.2, 0.25) is 0 Å². The van der Waals surface area contributed by atoms with Gasteiger partial charge in [-0.25, -0.2) is 0 Å². The average molecular weight is 385 g/mol. The molecule has 0 heterocycles. The monoisotopic (exact) mass is 384 g/mol. The molecule has 0 aromatic heterocycles. The van der Waals surface area contributed by atoms with Gasteiger partial charge in [0.05, 0.1) is 12.2 Å². The van der Waals surface area contributed by atoms with Crippen molar-refractivity contribution >= 4 is 0 Å². The molecule has 0 aliphatic heterocycles. The lowest BCUT2D eigenvalue weighted by atomic mass is 9.46. The highest BCUT2D eigenvalue weighted by atomic mass is 16.5. The van der Waals surface area contributed by atoms with Crippen molar-refractivity contribution in [1.82, 2.24) is 0 Å². The fraction of sp³-hybridized carbons (Fsp3) is 0.769. The molecule has 0 radical (unpaired) electrons. The third kappa shape index (κ3) is 2.82. The minimum absolute atomic E-state index is 0.181. The van der Waals surface area contributed by atoms with E-state index in [-0.39, 0.29) is 5.41 Å². The van der Waals surface area contributed by atoms with Gasteiger partial charge in [0.1, 0.15) is 0 Å². The van der Waals surface area contributed by atoms with Gasteiger partial charge in [-0.3, -0.25) is 0 Å². The first kappa shape index (κ1) is 20.4. The van der Waals surface area contributed by atoms with Gasteiger partial charge in [-0.1, -0.05) is 56.2 Å². The molecule has 0 amide bonds. The molecule has 156 valence electrons. The zero-order valence-corrected chi connectivity index (χ0v) is 18.8. The molecule has 0 N–H and O–H groups in total. The number of allylic oxidation sites excluding steroid dienone is 4. The summed E-state index contributed by atoms with van der Waals surface area (Å²) in [7, 11) is 3.83. The number of hydrogen-bond donors (Lipinski definition) is 0. The normalized spacial score (nSPS) is 46.4. The molecule has 0 unspecified atom stereocenters. The minimum Gasteiger partial charge on any atom is -0.381 e. The molecule has 0 spiro atoms. The van der Waals surface area contributed by atoms with Gasteiger partial charge < -0.3 is 9.47 Å². The maximum Gasteiger partial charge on any atom is 0.0668 e. The molecule has 0 bridgehead atoms. The Kier molecular flexibility index (Phi) is 5.42. The molecule has 2 nitrogen and oxygen atoms in total. The average Bonchev–Trinajstić information content (AvgIpc) is 3.05. The van der Waals surface area contributed by atoms with Crippen molar-refractivity contribution in [2.45, 2.75) is 78.4 Å². The number of fused-ring (bicyclic) bond motifs is 5. The fourth-order valence-electron chi connectivity index (χ4n) is 7.80. The molecule has 28 heavy (non-hydrogen) atoms. The van der Waals surface area contributed by atoms with Crippen LogP contribution in [-0.2, 0) is 9.47 Å². The first-order valence-corrected chi connectivity index (χ1v) is 11.5. The predicted octanol–water partition coefficient (Wildman–Crippen LogP) is 6.34. The number of hydrogen-bond acceptors (Lipinski definition) is 2. The van der Waals surface area contributed by atoms with E-state index in [9.17, 15) is 0 Å². The zero-order chi connectivity index (χ0) is 20.1. The van der Waals surface area contributed by atoms with Crippen LogP contribution < -0.4 is 0 Å². The SMILES string of the molecule is C/C=C/[C@@H](C)C1=CC[C@H]2[C@@H]3CC=C4C[C@@H](OC)CC[C@]4(C)[C@H]3C[C@@H](OC)[C@]12C. The van der Waals surface area contributed by atoms with Crippen LogP contribution in [0, 0.1) is 34.5 Å². The van der Waals surface area contributed by atoms with E-state index in [1.807, 2.05) is 14.2 Å². The Hall–Kier alpha value is -0.860. The second kappa shape index (κ2) is 7.43. The molecule has 4 aliphatic carbocycles. The second-order valence-corrected chi connectivity index (χ2v) is 10.3. The summed E-state index contributed by atoms with van der Waals surface area (Å²) in [4.78, 5) is 0. The molecule has 4 rings (SSSR count). The highest BCUT2D eigenvalue weighted by molar-refractivity contribution is 5.34. The summed E-state index contributed by atoms with van der Waals surface area (Å²) in [5.41, 5.74) is 3.83. The van der Waals surface area contributed by atoms with E-state index >= 15 is 0 Å².